The summed E-state index contributed by atoms with van der Waals surface area (Å²) in [7, 11) is 3.19. The summed E-state index contributed by atoms with van der Waals surface area (Å²) >= 11 is 0. The summed E-state index contributed by atoms with van der Waals surface area (Å²) in [4.78, 5) is 23.5. The van der Waals surface area contributed by atoms with Gasteiger partial charge in [0.1, 0.15) is 5.75 Å². The van der Waals surface area contributed by atoms with Crippen LogP contribution in [0.5, 0.6) is 5.75 Å². The van der Waals surface area contributed by atoms with E-state index in [4.69, 9.17) is 4.74 Å². The van der Waals surface area contributed by atoms with Crippen molar-refractivity contribution in [3.63, 3.8) is 0 Å². The minimum absolute atomic E-state index is 0.169. The van der Waals surface area contributed by atoms with E-state index in [9.17, 15) is 9.59 Å². The molecule has 0 aliphatic heterocycles. The molecule has 0 aromatic heterocycles. The van der Waals surface area contributed by atoms with Crippen molar-refractivity contribution in [2.45, 2.75) is 6.54 Å². The van der Waals surface area contributed by atoms with Crippen LogP contribution in [0.3, 0.4) is 0 Å². The van der Waals surface area contributed by atoms with Crippen LogP contribution in [0.15, 0.2) is 48.5 Å². The molecule has 0 saturated heterocycles. The zero-order valence-electron chi connectivity index (χ0n) is 13.8. The number of benzene rings is 2. The van der Waals surface area contributed by atoms with Gasteiger partial charge in [-0.15, -0.1) is 0 Å². The number of nitrogens with one attached hydrogen (secondary N) is 3. The standard InChI is InChI=1S/C18H21N3O3/c1-19-18(23)14-4-3-5-15(10-14)21-17(22)12-20-11-13-6-8-16(24-2)9-7-13/h3-10,20H,11-12H2,1-2H3,(H,19,23)(H,21,22). The van der Waals surface area contributed by atoms with Gasteiger partial charge in [0, 0.05) is 24.8 Å². The average Bonchev–Trinajstić information content (AvgIpc) is 2.61. The van der Waals surface area contributed by atoms with Crippen molar-refractivity contribution < 1.29 is 14.3 Å². The highest BCUT2D eigenvalue weighted by Gasteiger charge is 2.06. The fraction of sp³-hybridized carbons (Fsp3) is 0.222. The molecule has 0 bridgehead atoms. The minimum Gasteiger partial charge on any atom is -0.497 e. The first-order valence-electron chi connectivity index (χ1n) is 7.58. The topological polar surface area (TPSA) is 79.5 Å². The number of carbonyl (C=O) groups is 2. The van der Waals surface area contributed by atoms with E-state index < -0.39 is 0 Å². The van der Waals surface area contributed by atoms with Crippen LogP contribution in [0, 0.1) is 0 Å². The first-order valence-corrected chi connectivity index (χ1v) is 7.58. The van der Waals surface area contributed by atoms with E-state index in [0.29, 0.717) is 17.8 Å². The number of hydrogen-bond acceptors (Lipinski definition) is 4. The van der Waals surface area contributed by atoms with E-state index in [0.717, 1.165) is 11.3 Å². The predicted molar refractivity (Wildman–Crippen MR) is 93.2 cm³/mol. The van der Waals surface area contributed by atoms with Crippen LogP contribution in [0.25, 0.3) is 0 Å². The summed E-state index contributed by atoms with van der Waals surface area (Å²) in [5.41, 5.74) is 2.15. The Morgan fingerprint density at radius 1 is 1.08 bits per heavy atom. The van der Waals surface area contributed by atoms with Gasteiger partial charge in [-0.3, -0.25) is 9.59 Å². The van der Waals surface area contributed by atoms with Gasteiger partial charge in [0.2, 0.25) is 5.91 Å². The Hall–Kier alpha value is -2.86. The number of amides is 2. The molecule has 0 heterocycles. The third kappa shape index (κ3) is 5.10. The smallest absolute Gasteiger partial charge is 0.251 e. The Labute approximate surface area is 141 Å². The van der Waals surface area contributed by atoms with Crippen LogP contribution in [-0.2, 0) is 11.3 Å². The van der Waals surface area contributed by atoms with Crippen molar-refractivity contribution >= 4 is 17.5 Å². The molecule has 24 heavy (non-hydrogen) atoms. The molecule has 0 saturated carbocycles. The number of carbonyl (C=O) groups excluding carboxylic acids is 2. The van der Waals surface area contributed by atoms with Gasteiger partial charge in [-0.05, 0) is 35.9 Å². The average molecular weight is 327 g/mol. The van der Waals surface area contributed by atoms with Gasteiger partial charge >= 0.3 is 0 Å². The van der Waals surface area contributed by atoms with Crippen LogP contribution in [0.4, 0.5) is 5.69 Å². The second kappa shape index (κ2) is 8.69. The van der Waals surface area contributed by atoms with Gasteiger partial charge in [0.05, 0.1) is 13.7 Å². The molecule has 6 heteroatoms. The highest BCUT2D eigenvalue weighted by Crippen LogP contribution is 2.11. The normalized spacial score (nSPS) is 10.1. The second-order valence-electron chi connectivity index (χ2n) is 5.16. The Balaban J connectivity index is 1.81. The molecule has 0 aliphatic carbocycles. The highest BCUT2D eigenvalue weighted by atomic mass is 16.5. The zero-order chi connectivity index (χ0) is 17.4. The third-order valence-corrected chi connectivity index (χ3v) is 3.41. The molecule has 3 N–H and O–H groups in total. The zero-order valence-corrected chi connectivity index (χ0v) is 13.8. The summed E-state index contributed by atoms with van der Waals surface area (Å²) in [6.07, 6.45) is 0. The van der Waals surface area contributed by atoms with Gasteiger partial charge in [-0.2, -0.15) is 0 Å². The van der Waals surface area contributed by atoms with Crippen molar-refractivity contribution in [1.82, 2.24) is 10.6 Å². The lowest BCUT2D eigenvalue weighted by atomic mass is 10.2. The molecule has 0 fully saturated rings. The van der Waals surface area contributed by atoms with Gasteiger partial charge in [-0.25, -0.2) is 0 Å². The maximum Gasteiger partial charge on any atom is 0.251 e. The molecule has 0 radical (unpaired) electrons. The molecule has 2 amide bonds. The Kier molecular flexibility index (Phi) is 6.33. The molecule has 2 rings (SSSR count). The molecule has 0 aliphatic rings. The predicted octanol–water partition coefficient (Wildman–Crippen LogP) is 1.78. The first kappa shape index (κ1) is 17.5. The summed E-state index contributed by atoms with van der Waals surface area (Å²) in [5.74, 6) is 0.439. The number of hydrogen-bond donors (Lipinski definition) is 3. The number of anilines is 1. The number of ether oxygens (including phenoxy) is 1. The Morgan fingerprint density at radius 3 is 2.50 bits per heavy atom. The SMILES string of the molecule is CNC(=O)c1cccc(NC(=O)CNCc2ccc(OC)cc2)c1. The van der Waals surface area contributed by atoms with Gasteiger partial charge in [0.25, 0.3) is 5.91 Å². The van der Waals surface area contributed by atoms with Crippen LogP contribution in [0.1, 0.15) is 15.9 Å². The summed E-state index contributed by atoms with van der Waals surface area (Å²) in [6.45, 7) is 0.756. The van der Waals surface area contributed by atoms with Gasteiger partial charge in [0.15, 0.2) is 0 Å². The lowest BCUT2D eigenvalue weighted by Crippen LogP contribution is -2.27. The lowest BCUT2D eigenvalue weighted by molar-refractivity contribution is -0.115. The van der Waals surface area contributed by atoms with E-state index in [-0.39, 0.29) is 18.4 Å². The van der Waals surface area contributed by atoms with Crippen molar-refractivity contribution in [3.05, 3.63) is 59.7 Å². The third-order valence-electron chi connectivity index (χ3n) is 3.41. The summed E-state index contributed by atoms with van der Waals surface area (Å²) < 4.78 is 5.10. The first-order chi connectivity index (χ1) is 11.6. The highest BCUT2D eigenvalue weighted by molar-refractivity contribution is 5.97. The van der Waals surface area contributed by atoms with E-state index in [1.54, 1.807) is 38.4 Å². The van der Waals surface area contributed by atoms with Crippen LogP contribution in [-0.4, -0.2) is 32.5 Å². The molecule has 2 aromatic carbocycles. The van der Waals surface area contributed by atoms with Crippen LogP contribution >= 0.6 is 0 Å². The molecular formula is C18H21N3O3. The van der Waals surface area contributed by atoms with Crippen LogP contribution < -0.4 is 20.7 Å². The maximum absolute atomic E-state index is 12.0. The lowest BCUT2D eigenvalue weighted by Gasteiger charge is -2.08. The fourth-order valence-electron chi connectivity index (χ4n) is 2.15. The van der Waals surface area contributed by atoms with E-state index in [1.165, 1.54) is 0 Å². The molecule has 2 aromatic rings. The number of methoxy groups -OCH3 is 1. The van der Waals surface area contributed by atoms with Gasteiger partial charge < -0.3 is 20.7 Å². The largest absolute Gasteiger partial charge is 0.497 e. The summed E-state index contributed by atoms with van der Waals surface area (Å²) in [6, 6.07) is 14.4. The molecular weight excluding hydrogens is 306 g/mol. The van der Waals surface area contributed by atoms with Crippen molar-refractivity contribution in [2.75, 3.05) is 26.0 Å². The van der Waals surface area contributed by atoms with Gasteiger partial charge in [-0.1, -0.05) is 18.2 Å². The maximum atomic E-state index is 12.0. The van der Waals surface area contributed by atoms with Crippen molar-refractivity contribution in [3.8, 4) is 5.75 Å². The minimum atomic E-state index is -0.191. The Morgan fingerprint density at radius 2 is 1.83 bits per heavy atom. The molecule has 0 atom stereocenters. The van der Waals surface area contributed by atoms with E-state index in [2.05, 4.69) is 16.0 Å². The Bertz CT molecular complexity index is 699. The molecule has 0 unspecified atom stereocenters. The van der Waals surface area contributed by atoms with Crippen molar-refractivity contribution in [1.29, 1.82) is 0 Å². The number of rotatable bonds is 7. The molecule has 0 spiro atoms. The quantitative estimate of drug-likeness (QED) is 0.724. The van der Waals surface area contributed by atoms with E-state index >= 15 is 0 Å². The fourth-order valence-corrected chi connectivity index (χ4v) is 2.15. The molecule has 6 nitrogen and oxygen atoms in total. The van der Waals surface area contributed by atoms with E-state index in [1.807, 2.05) is 24.3 Å². The summed E-state index contributed by atoms with van der Waals surface area (Å²) in [5, 5.41) is 8.39. The van der Waals surface area contributed by atoms with Crippen molar-refractivity contribution in [2.24, 2.45) is 0 Å². The van der Waals surface area contributed by atoms with Crippen LogP contribution in [0.2, 0.25) is 0 Å². The second-order valence-corrected chi connectivity index (χ2v) is 5.16. The monoisotopic (exact) mass is 327 g/mol. The molecule has 126 valence electrons.